The van der Waals surface area contributed by atoms with Crippen LogP contribution in [0.2, 0.25) is 0 Å². The van der Waals surface area contributed by atoms with E-state index in [0.29, 0.717) is 31.0 Å². The highest BCUT2D eigenvalue weighted by Crippen LogP contribution is 2.41. The van der Waals surface area contributed by atoms with Gasteiger partial charge in [-0.05, 0) is 13.3 Å². The zero-order valence-corrected chi connectivity index (χ0v) is 14.1. The zero-order valence-electron chi connectivity index (χ0n) is 13.3. The number of anilines is 1. The van der Waals surface area contributed by atoms with E-state index in [1.165, 1.54) is 0 Å². The number of nitrogens with one attached hydrogen (secondary N) is 2. The first kappa shape index (κ1) is 15.6. The van der Waals surface area contributed by atoms with Crippen LogP contribution in [-0.4, -0.2) is 67.2 Å². The maximum Gasteiger partial charge on any atom is 0.255 e. The fourth-order valence-electron chi connectivity index (χ4n) is 3.64. The normalized spacial score (nSPS) is 27.0. The van der Waals surface area contributed by atoms with E-state index in [-0.39, 0.29) is 22.6 Å². The molecule has 1 aromatic rings. The van der Waals surface area contributed by atoms with Gasteiger partial charge in [0, 0.05) is 43.4 Å². The van der Waals surface area contributed by atoms with E-state index in [1.807, 2.05) is 4.90 Å². The molecule has 10 heteroatoms. The number of aromatic amines is 1. The number of amides is 1. The highest BCUT2D eigenvalue weighted by molar-refractivity contribution is 7.89. The summed E-state index contributed by atoms with van der Waals surface area (Å²) in [5.41, 5.74) is 0.477. The maximum absolute atomic E-state index is 12.3. The first-order valence-corrected chi connectivity index (χ1v) is 9.52. The number of carbonyl (C=O) groups excluding carboxylic acids is 1. The van der Waals surface area contributed by atoms with Crippen molar-refractivity contribution in [3.8, 4) is 0 Å². The molecule has 9 nitrogen and oxygen atoms in total. The smallest absolute Gasteiger partial charge is 0.255 e. The van der Waals surface area contributed by atoms with Crippen molar-refractivity contribution in [1.82, 2.24) is 19.6 Å². The van der Waals surface area contributed by atoms with Gasteiger partial charge in [0.2, 0.25) is 21.9 Å². The molecule has 3 fully saturated rings. The molecule has 0 saturated carbocycles. The van der Waals surface area contributed by atoms with Gasteiger partial charge in [0.25, 0.3) is 5.56 Å². The van der Waals surface area contributed by atoms with Gasteiger partial charge in [0.15, 0.2) is 0 Å². The van der Waals surface area contributed by atoms with Crippen molar-refractivity contribution < 1.29 is 13.2 Å². The molecule has 1 amide bonds. The van der Waals surface area contributed by atoms with Crippen LogP contribution in [0.25, 0.3) is 0 Å². The van der Waals surface area contributed by atoms with Crippen molar-refractivity contribution in [3.05, 3.63) is 22.1 Å². The summed E-state index contributed by atoms with van der Waals surface area (Å²) in [7, 11) is -3.28. The van der Waals surface area contributed by atoms with Gasteiger partial charge < -0.3 is 9.80 Å². The number of rotatable bonds is 2. The molecule has 0 aliphatic carbocycles. The van der Waals surface area contributed by atoms with Gasteiger partial charge in [0.1, 0.15) is 6.04 Å². The summed E-state index contributed by atoms with van der Waals surface area (Å²) in [6.45, 7) is 4.42. The minimum Gasteiger partial charge on any atom is -0.341 e. The van der Waals surface area contributed by atoms with Crippen LogP contribution in [0.3, 0.4) is 0 Å². The maximum atomic E-state index is 12.3. The predicted molar refractivity (Wildman–Crippen MR) is 86.1 cm³/mol. The first-order valence-electron chi connectivity index (χ1n) is 7.87. The number of hydrogen-bond acceptors (Lipinski definition) is 6. The number of H-pyrrole nitrogens is 1. The Hall–Kier alpha value is -1.94. The van der Waals surface area contributed by atoms with Gasteiger partial charge in [-0.15, -0.1) is 0 Å². The topological polar surface area (TPSA) is 115 Å². The molecule has 1 aromatic heterocycles. The SMILES string of the molecule is Cc1cnc(N2CC3(CN(C(=O)C4CCS(=O)(=O)N4)C3)C2)[nH]c1=O. The molecule has 1 unspecified atom stereocenters. The van der Waals surface area contributed by atoms with Gasteiger partial charge in [-0.1, -0.05) is 0 Å². The van der Waals surface area contributed by atoms with Crippen LogP contribution < -0.4 is 15.2 Å². The van der Waals surface area contributed by atoms with Crippen LogP contribution in [0.1, 0.15) is 12.0 Å². The molecule has 0 radical (unpaired) electrons. The van der Waals surface area contributed by atoms with Crippen molar-refractivity contribution >= 4 is 21.9 Å². The molecule has 1 spiro atoms. The minimum atomic E-state index is -3.28. The molecule has 0 bridgehead atoms. The van der Waals surface area contributed by atoms with Crippen LogP contribution in [0.4, 0.5) is 5.95 Å². The molecular weight excluding hydrogens is 334 g/mol. The lowest BCUT2D eigenvalue weighted by molar-refractivity contribution is -0.146. The Morgan fingerprint density at radius 3 is 2.62 bits per heavy atom. The van der Waals surface area contributed by atoms with E-state index in [2.05, 4.69) is 14.7 Å². The molecule has 4 heterocycles. The highest BCUT2D eigenvalue weighted by Gasteiger charge is 2.54. The third-order valence-corrected chi connectivity index (χ3v) is 6.39. The third-order valence-electron chi connectivity index (χ3n) is 4.98. The Kier molecular flexibility index (Phi) is 3.26. The molecule has 24 heavy (non-hydrogen) atoms. The molecule has 3 aliphatic rings. The molecule has 0 aromatic carbocycles. The molecule has 1 atom stereocenters. The predicted octanol–water partition coefficient (Wildman–Crippen LogP) is -1.58. The van der Waals surface area contributed by atoms with Crippen molar-refractivity contribution in [3.63, 3.8) is 0 Å². The average molecular weight is 353 g/mol. The lowest BCUT2D eigenvalue weighted by atomic mass is 9.72. The van der Waals surface area contributed by atoms with Crippen LogP contribution in [0.15, 0.2) is 11.0 Å². The van der Waals surface area contributed by atoms with Crippen molar-refractivity contribution in [2.45, 2.75) is 19.4 Å². The summed E-state index contributed by atoms with van der Waals surface area (Å²) < 4.78 is 25.2. The van der Waals surface area contributed by atoms with Crippen molar-refractivity contribution in [2.75, 3.05) is 36.8 Å². The number of aryl methyl sites for hydroxylation is 1. The standard InChI is InChI=1S/C14H19N5O4S/c1-9-4-15-13(16-11(9)20)19-7-14(8-19)5-18(6-14)12(21)10-2-3-24(22,23)17-10/h4,10,17H,2-3,5-8H2,1H3,(H,15,16,20). The van der Waals surface area contributed by atoms with Gasteiger partial charge >= 0.3 is 0 Å². The quantitative estimate of drug-likeness (QED) is 0.663. The summed E-state index contributed by atoms with van der Waals surface area (Å²) >= 11 is 0. The minimum absolute atomic E-state index is 0.0165. The Morgan fingerprint density at radius 1 is 1.33 bits per heavy atom. The molecule has 3 saturated heterocycles. The van der Waals surface area contributed by atoms with Crippen LogP contribution >= 0.6 is 0 Å². The Labute approximate surface area is 139 Å². The summed E-state index contributed by atoms with van der Waals surface area (Å²) in [6, 6.07) is -0.612. The van der Waals surface area contributed by atoms with E-state index in [1.54, 1.807) is 18.0 Å². The molecule has 2 N–H and O–H groups in total. The second-order valence-electron chi connectivity index (χ2n) is 7.05. The van der Waals surface area contributed by atoms with E-state index < -0.39 is 16.1 Å². The fourth-order valence-corrected chi connectivity index (χ4v) is 4.96. The zero-order chi connectivity index (χ0) is 17.1. The Morgan fingerprint density at radius 2 is 2.04 bits per heavy atom. The van der Waals surface area contributed by atoms with Gasteiger partial charge in [0.05, 0.1) is 5.75 Å². The number of likely N-dealkylation sites (tertiary alicyclic amines) is 1. The summed E-state index contributed by atoms with van der Waals surface area (Å²) in [5.74, 6) is 0.439. The second-order valence-corrected chi connectivity index (χ2v) is 8.92. The summed E-state index contributed by atoms with van der Waals surface area (Å²) in [6.07, 6.45) is 1.90. The molecular formula is C14H19N5O4S. The fraction of sp³-hybridized carbons (Fsp3) is 0.643. The summed E-state index contributed by atoms with van der Waals surface area (Å²) in [5, 5.41) is 0. The number of carbonyl (C=O) groups is 1. The van der Waals surface area contributed by atoms with E-state index in [0.717, 1.165) is 13.1 Å². The Balaban J connectivity index is 1.33. The average Bonchev–Trinajstić information content (AvgIpc) is 2.79. The largest absolute Gasteiger partial charge is 0.341 e. The third kappa shape index (κ3) is 2.49. The highest BCUT2D eigenvalue weighted by atomic mass is 32.2. The van der Waals surface area contributed by atoms with E-state index in [9.17, 15) is 18.0 Å². The monoisotopic (exact) mass is 353 g/mol. The molecule has 130 valence electrons. The van der Waals surface area contributed by atoms with Gasteiger partial charge in [-0.2, -0.15) is 0 Å². The Bertz CT molecular complexity index is 850. The van der Waals surface area contributed by atoms with E-state index in [4.69, 9.17) is 0 Å². The molecule has 3 aliphatic heterocycles. The lowest BCUT2D eigenvalue weighted by Gasteiger charge is -2.60. The van der Waals surface area contributed by atoms with Crippen LogP contribution in [-0.2, 0) is 14.8 Å². The number of hydrogen-bond donors (Lipinski definition) is 2. The van der Waals surface area contributed by atoms with Crippen molar-refractivity contribution in [2.24, 2.45) is 5.41 Å². The van der Waals surface area contributed by atoms with Crippen LogP contribution in [0.5, 0.6) is 0 Å². The molecule has 4 rings (SSSR count). The number of sulfonamides is 1. The summed E-state index contributed by atoms with van der Waals surface area (Å²) in [4.78, 5) is 34.6. The van der Waals surface area contributed by atoms with Gasteiger partial charge in [-0.25, -0.2) is 18.1 Å². The van der Waals surface area contributed by atoms with E-state index >= 15 is 0 Å². The number of nitrogens with zero attached hydrogens (tertiary/aromatic N) is 3. The first-order chi connectivity index (χ1) is 11.3. The van der Waals surface area contributed by atoms with Crippen molar-refractivity contribution in [1.29, 1.82) is 0 Å². The number of aromatic nitrogens is 2. The van der Waals surface area contributed by atoms with Crippen LogP contribution in [0, 0.1) is 12.3 Å². The van der Waals surface area contributed by atoms with Gasteiger partial charge in [-0.3, -0.25) is 14.6 Å². The lowest BCUT2D eigenvalue weighted by Crippen LogP contribution is -2.74. The second kappa shape index (κ2) is 5.03.